The number of carbonyl (C=O) groups is 1. The lowest BCUT2D eigenvalue weighted by Gasteiger charge is -2.13. The van der Waals surface area contributed by atoms with E-state index in [1.807, 2.05) is 50.2 Å². The summed E-state index contributed by atoms with van der Waals surface area (Å²) in [6.45, 7) is 5.63. The summed E-state index contributed by atoms with van der Waals surface area (Å²) in [6, 6.07) is 14.6. The number of aryl methyl sites for hydroxylation is 2. The molecule has 0 bridgehead atoms. The maximum absolute atomic E-state index is 13.3. The van der Waals surface area contributed by atoms with Crippen molar-refractivity contribution in [1.82, 2.24) is 0 Å². The Morgan fingerprint density at radius 3 is 2.39 bits per heavy atom. The Bertz CT molecular complexity index is 1100. The second-order valence-corrected chi connectivity index (χ2v) is 8.81. The lowest BCUT2D eigenvalue weighted by atomic mass is 10.1. The zero-order valence-corrected chi connectivity index (χ0v) is 17.5. The number of rotatable bonds is 6. The zero-order valence-electron chi connectivity index (χ0n) is 15.9. The molecule has 0 atom stereocenters. The summed E-state index contributed by atoms with van der Waals surface area (Å²) in [4.78, 5) is 12.4. The van der Waals surface area contributed by atoms with Gasteiger partial charge < -0.3 is 4.74 Å². The van der Waals surface area contributed by atoms with E-state index in [1.54, 1.807) is 24.4 Å². The molecular weight excluding hydrogens is 394 g/mol. The number of ether oxygens (including phenoxy) is 1. The fourth-order valence-electron chi connectivity index (χ4n) is 2.77. The van der Waals surface area contributed by atoms with Gasteiger partial charge in [0.2, 0.25) is 0 Å². The molecule has 7 heteroatoms. The van der Waals surface area contributed by atoms with Gasteiger partial charge in [-0.25, -0.2) is 13.2 Å². The van der Waals surface area contributed by atoms with Crippen LogP contribution in [0.4, 0.5) is 5.69 Å². The van der Waals surface area contributed by atoms with Crippen LogP contribution in [-0.2, 0) is 14.8 Å². The van der Waals surface area contributed by atoms with Gasteiger partial charge in [-0.05, 0) is 38.0 Å². The smallest absolute Gasteiger partial charge is 0.349 e. The van der Waals surface area contributed by atoms with E-state index < -0.39 is 16.0 Å². The van der Waals surface area contributed by atoms with Crippen LogP contribution in [0.25, 0.3) is 11.1 Å². The lowest BCUT2D eigenvalue weighted by molar-refractivity contribution is 0.0528. The molecule has 3 rings (SSSR count). The first-order valence-corrected chi connectivity index (χ1v) is 11.1. The Kier molecular flexibility index (Phi) is 5.86. The fourth-order valence-corrected chi connectivity index (χ4v) is 5.59. The van der Waals surface area contributed by atoms with Crippen molar-refractivity contribution in [3.05, 3.63) is 69.9 Å². The van der Waals surface area contributed by atoms with Crippen molar-refractivity contribution in [3.63, 3.8) is 0 Å². The minimum Gasteiger partial charge on any atom is -0.462 e. The Morgan fingerprint density at radius 1 is 1.07 bits per heavy atom. The van der Waals surface area contributed by atoms with Crippen LogP contribution in [0.2, 0.25) is 0 Å². The normalized spacial score (nSPS) is 11.2. The van der Waals surface area contributed by atoms with Crippen molar-refractivity contribution in [2.75, 3.05) is 11.3 Å². The van der Waals surface area contributed by atoms with Crippen LogP contribution in [0.15, 0.2) is 58.8 Å². The summed E-state index contributed by atoms with van der Waals surface area (Å²) >= 11 is 1.07. The van der Waals surface area contributed by atoms with E-state index in [0.717, 1.165) is 28.0 Å². The molecule has 28 heavy (non-hydrogen) atoms. The minimum absolute atomic E-state index is 0.0527. The van der Waals surface area contributed by atoms with E-state index in [4.69, 9.17) is 4.74 Å². The molecule has 0 amide bonds. The number of carbonyl (C=O) groups excluding carboxylic acids is 1. The van der Waals surface area contributed by atoms with E-state index in [1.165, 1.54) is 0 Å². The van der Waals surface area contributed by atoms with Crippen LogP contribution >= 0.6 is 11.3 Å². The summed E-state index contributed by atoms with van der Waals surface area (Å²) in [7, 11) is -4.02. The molecule has 146 valence electrons. The van der Waals surface area contributed by atoms with Crippen molar-refractivity contribution in [3.8, 4) is 11.1 Å². The third-order valence-electron chi connectivity index (χ3n) is 4.23. The highest BCUT2D eigenvalue weighted by molar-refractivity contribution is 7.93. The SMILES string of the molecule is CCOC(=O)c1scc(-c2ccc(C)cc2)c1S(=O)(=O)Nc1ccccc1C. The first-order valence-electron chi connectivity index (χ1n) is 8.77. The highest BCUT2D eigenvalue weighted by Gasteiger charge is 2.30. The monoisotopic (exact) mass is 415 g/mol. The molecule has 1 heterocycles. The average molecular weight is 416 g/mol. The van der Waals surface area contributed by atoms with Crippen LogP contribution in [-0.4, -0.2) is 21.0 Å². The number of hydrogen-bond donors (Lipinski definition) is 1. The number of esters is 1. The summed E-state index contributed by atoms with van der Waals surface area (Å²) in [5, 5.41) is 1.68. The summed E-state index contributed by atoms with van der Waals surface area (Å²) in [6.07, 6.45) is 0. The van der Waals surface area contributed by atoms with Crippen molar-refractivity contribution < 1.29 is 17.9 Å². The van der Waals surface area contributed by atoms with Gasteiger partial charge in [0.15, 0.2) is 0 Å². The second-order valence-electron chi connectivity index (χ2n) is 6.31. The Morgan fingerprint density at radius 2 is 1.75 bits per heavy atom. The van der Waals surface area contributed by atoms with E-state index in [9.17, 15) is 13.2 Å². The number of benzene rings is 2. The van der Waals surface area contributed by atoms with Crippen LogP contribution in [0.1, 0.15) is 27.7 Å². The minimum atomic E-state index is -4.02. The largest absolute Gasteiger partial charge is 0.462 e. The van der Waals surface area contributed by atoms with Gasteiger partial charge in [0.1, 0.15) is 9.77 Å². The van der Waals surface area contributed by atoms with Gasteiger partial charge in [0, 0.05) is 10.9 Å². The van der Waals surface area contributed by atoms with E-state index in [-0.39, 0.29) is 16.4 Å². The second kappa shape index (κ2) is 8.16. The number of sulfonamides is 1. The molecule has 0 saturated carbocycles. The highest BCUT2D eigenvalue weighted by atomic mass is 32.2. The highest BCUT2D eigenvalue weighted by Crippen LogP contribution is 2.37. The Labute approximate surface area is 169 Å². The van der Waals surface area contributed by atoms with Gasteiger partial charge in [-0.3, -0.25) is 4.72 Å². The number of anilines is 1. The number of hydrogen-bond acceptors (Lipinski definition) is 5. The third kappa shape index (κ3) is 4.10. The van der Waals surface area contributed by atoms with Crippen LogP contribution < -0.4 is 4.72 Å². The molecule has 1 N–H and O–H groups in total. The van der Waals surface area contributed by atoms with Gasteiger partial charge in [0.05, 0.1) is 12.3 Å². The van der Waals surface area contributed by atoms with Gasteiger partial charge in [0.25, 0.3) is 10.0 Å². The standard InChI is InChI=1S/C21H21NO4S2/c1-4-26-21(23)19-20(17(13-27-19)16-11-9-14(2)10-12-16)28(24,25)22-18-8-6-5-7-15(18)3/h5-13,22H,4H2,1-3H3. The summed E-state index contributed by atoms with van der Waals surface area (Å²) in [5.74, 6) is -0.643. The summed E-state index contributed by atoms with van der Waals surface area (Å²) in [5.41, 5.74) is 3.53. The summed E-state index contributed by atoms with van der Waals surface area (Å²) < 4.78 is 34.3. The van der Waals surface area contributed by atoms with Gasteiger partial charge >= 0.3 is 5.97 Å². The van der Waals surface area contributed by atoms with E-state index >= 15 is 0 Å². The van der Waals surface area contributed by atoms with Crippen molar-refractivity contribution in [2.24, 2.45) is 0 Å². The quantitative estimate of drug-likeness (QED) is 0.575. The molecule has 1 aromatic heterocycles. The first-order chi connectivity index (χ1) is 13.3. The Hall–Kier alpha value is -2.64. The molecular formula is C21H21NO4S2. The van der Waals surface area contributed by atoms with E-state index in [0.29, 0.717) is 11.3 Å². The average Bonchev–Trinajstić information content (AvgIpc) is 3.11. The molecule has 0 spiro atoms. The molecule has 5 nitrogen and oxygen atoms in total. The third-order valence-corrected chi connectivity index (χ3v) is 6.77. The molecule has 2 aromatic carbocycles. The topological polar surface area (TPSA) is 72.5 Å². The van der Waals surface area contributed by atoms with Gasteiger partial charge in [-0.2, -0.15) is 0 Å². The molecule has 0 aliphatic carbocycles. The molecule has 0 saturated heterocycles. The maximum atomic E-state index is 13.3. The number of para-hydroxylation sites is 1. The molecule has 0 unspecified atom stereocenters. The van der Waals surface area contributed by atoms with Crippen molar-refractivity contribution in [2.45, 2.75) is 25.7 Å². The predicted molar refractivity (Wildman–Crippen MR) is 112 cm³/mol. The van der Waals surface area contributed by atoms with E-state index in [2.05, 4.69) is 4.72 Å². The van der Waals surface area contributed by atoms with Gasteiger partial charge in [-0.1, -0.05) is 48.0 Å². The molecule has 0 fully saturated rings. The molecule has 0 aliphatic heterocycles. The zero-order chi connectivity index (χ0) is 20.3. The molecule has 3 aromatic rings. The number of thiophene rings is 1. The Balaban J connectivity index is 2.15. The maximum Gasteiger partial charge on any atom is 0.349 e. The van der Waals surface area contributed by atoms with Gasteiger partial charge in [-0.15, -0.1) is 11.3 Å². The first kappa shape index (κ1) is 20.1. The van der Waals surface area contributed by atoms with Crippen LogP contribution in [0.3, 0.4) is 0 Å². The lowest BCUT2D eigenvalue weighted by Crippen LogP contribution is -2.17. The van der Waals surface area contributed by atoms with Crippen molar-refractivity contribution in [1.29, 1.82) is 0 Å². The van der Waals surface area contributed by atoms with Crippen LogP contribution in [0.5, 0.6) is 0 Å². The number of nitrogens with one attached hydrogen (secondary N) is 1. The molecule has 0 aliphatic rings. The molecule has 0 radical (unpaired) electrons. The van der Waals surface area contributed by atoms with Crippen molar-refractivity contribution >= 4 is 33.0 Å². The predicted octanol–water partition coefficient (Wildman–Crippen LogP) is 5.01. The fraction of sp³-hybridized carbons (Fsp3) is 0.190. The van der Waals surface area contributed by atoms with Crippen LogP contribution in [0, 0.1) is 13.8 Å².